The van der Waals surface area contributed by atoms with Crippen LogP contribution in [0.2, 0.25) is 0 Å². The largest absolute Gasteiger partial charge is 0.453 e. The van der Waals surface area contributed by atoms with Gasteiger partial charge in [0.15, 0.2) is 5.82 Å². The second kappa shape index (κ2) is 7.84. The number of anilines is 2. The molecule has 0 saturated heterocycles. The SMILES string of the molecule is COC(=O)Nc1ccc(NCCCc2ccccc2)nn1. The summed E-state index contributed by atoms with van der Waals surface area (Å²) in [7, 11) is 1.30. The quantitative estimate of drug-likeness (QED) is 0.798. The lowest BCUT2D eigenvalue weighted by molar-refractivity contribution is 0.187. The summed E-state index contributed by atoms with van der Waals surface area (Å²) in [5.74, 6) is 1.04. The van der Waals surface area contributed by atoms with E-state index in [0.717, 1.165) is 19.4 Å². The molecule has 0 aliphatic carbocycles. The molecule has 6 nitrogen and oxygen atoms in total. The minimum atomic E-state index is -0.562. The van der Waals surface area contributed by atoms with Crippen molar-refractivity contribution in [2.45, 2.75) is 12.8 Å². The van der Waals surface area contributed by atoms with Crippen LogP contribution < -0.4 is 10.6 Å². The van der Waals surface area contributed by atoms with E-state index in [1.165, 1.54) is 12.7 Å². The summed E-state index contributed by atoms with van der Waals surface area (Å²) in [6.45, 7) is 0.813. The predicted molar refractivity (Wildman–Crippen MR) is 81.3 cm³/mol. The maximum atomic E-state index is 11.0. The Balaban J connectivity index is 1.72. The average Bonchev–Trinajstić information content (AvgIpc) is 2.54. The van der Waals surface area contributed by atoms with Gasteiger partial charge in [0.05, 0.1) is 7.11 Å². The molecule has 0 fully saturated rings. The molecule has 1 aromatic carbocycles. The van der Waals surface area contributed by atoms with Crippen molar-refractivity contribution in [3.63, 3.8) is 0 Å². The number of ether oxygens (including phenoxy) is 1. The summed E-state index contributed by atoms with van der Waals surface area (Å²) < 4.78 is 4.47. The molecule has 1 heterocycles. The van der Waals surface area contributed by atoms with Gasteiger partial charge < -0.3 is 10.1 Å². The second-order valence-electron chi connectivity index (χ2n) is 4.44. The van der Waals surface area contributed by atoms with Crippen LogP contribution in [0.3, 0.4) is 0 Å². The Kier molecular flexibility index (Phi) is 5.51. The van der Waals surface area contributed by atoms with E-state index in [9.17, 15) is 4.79 Å². The van der Waals surface area contributed by atoms with Crippen molar-refractivity contribution >= 4 is 17.7 Å². The molecule has 6 heteroatoms. The first-order valence-electron chi connectivity index (χ1n) is 6.74. The second-order valence-corrected chi connectivity index (χ2v) is 4.44. The summed E-state index contributed by atoms with van der Waals surface area (Å²) >= 11 is 0. The molecule has 2 N–H and O–H groups in total. The molecule has 110 valence electrons. The van der Waals surface area contributed by atoms with Gasteiger partial charge in [-0.15, -0.1) is 10.2 Å². The Labute approximate surface area is 123 Å². The summed E-state index contributed by atoms with van der Waals surface area (Å²) in [6, 6.07) is 13.8. The van der Waals surface area contributed by atoms with E-state index in [1.54, 1.807) is 12.1 Å². The number of methoxy groups -OCH3 is 1. The molecule has 0 saturated carbocycles. The first kappa shape index (κ1) is 14.8. The van der Waals surface area contributed by atoms with Crippen molar-refractivity contribution < 1.29 is 9.53 Å². The van der Waals surface area contributed by atoms with Crippen LogP contribution in [0.1, 0.15) is 12.0 Å². The molecule has 1 aromatic heterocycles. The first-order valence-corrected chi connectivity index (χ1v) is 6.74. The normalized spacial score (nSPS) is 9.95. The molecule has 0 aliphatic rings. The van der Waals surface area contributed by atoms with Crippen LogP contribution in [0.4, 0.5) is 16.4 Å². The number of rotatable bonds is 6. The zero-order valence-corrected chi connectivity index (χ0v) is 11.9. The number of nitrogens with zero attached hydrogens (tertiary/aromatic N) is 2. The molecule has 2 rings (SSSR count). The van der Waals surface area contributed by atoms with Crippen LogP contribution in [-0.4, -0.2) is 29.9 Å². The third kappa shape index (κ3) is 5.10. The summed E-state index contributed by atoms with van der Waals surface area (Å²) in [6.07, 6.45) is 1.46. The average molecular weight is 286 g/mol. The summed E-state index contributed by atoms with van der Waals surface area (Å²) in [4.78, 5) is 11.0. The number of aryl methyl sites for hydroxylation is 1. The molecule has 0 unspecified atom stereocenters. The lowest BCUT2D eigenvalue weighted by Crippen LogP contribution is -2.13. The van der Waals surface area contributed by atoms with Crippen molar-refractivity contribution in [3.05, 3.63) is 48.0 Å². The highest BCUT2D eigenvalue weighted by Crippen LogP contribution is 2.07. The van der Waals surface area contributed by atoms with Gasteiger partial charge in [0.2, 0.25) is 0 Å². The highest BCUT2D eigenvalue weighted by molar-refractivity contribution is 5.83. The molecule has 2 aromatic rings. The third-order valence-electron chi connectivity index (χ3n) is 2.87. The Morgan fingerprint density at radius 1 is 1.10 bits per heavy atom. The lowest BCUT2D eigenvalue weighted by Gasteiger charge is -2.06. The van der Waals surface area contributed by atoms with Crippen LogP contribution in [0.5, 0.6) is 0 Å². The number of nitrogens with one attached hydrogen (secondary N) is 2. The first-order chi connectivity index (χ1) is 10.3. The van der Waals surface area contributed by atoms with E-state index in [-0.39, 0.29) is 0 Å². The van der Waals surface area contributed by atoms with Crippen molar-refractivity contribution in [2.75, 3.05) is 24.3 Å². The van der Waals surface area contributed by atoms with Gasteiger partial charge in [-0.3, -0.25) is 5.32 Å². The Hall–Kier alpha value is -2.63. The van der Waals surface area contributed by atoms with Crippen molar-refractivity contribution in [2.24, 2.45) is 0 Å². The number of aromatic nitrogens is 2. The highest BCUT2D eigenvalue weighted by atomic mass is 16.5. The molecular weight excluding hydrogens is 268 g/mol. The van der Waals surface area contributed by atoms with E-state index < -0.39 is 6.09 Å². The number of hydrogen-bond acceptors (Lipinski definition) is 5. The van der Waals surface area contributed by atoms with Gasteiger partial charge in [0, 0.05) is 6.54 Å². The Morgan fingerprint density at radius 3 is 2.48 bits per heavy atom. The molecule has 0 bridgehead atoms. The van der Waals surface area contributed by atoms with E-state index in [2.05, 4.69) is 37.7 Å². The van der Waals surface area contributed by atoms with Crippen LogP contribution in [0.15, 0.2) is 42.5 Å². The lowest BCUT2D eigenvalue weighted by atomic mass is 10.1. The van der Waals surface area contributed by atoms with E-state index in [1.807, 2.05) is 18.2 Å². The van der Waals surface area contributed by atoms with Gasteiger partial charge in [-0.2, -0.15) is 0 Å². The smallest absolute Gasteiger partial charge is 0.412 e. The minimum Gasteiger partial charge on any atom is -0.453 e. The van der Waals surface area contributed by atoms with Gasteiger partial charge in [-0.25, -0.2) is 4.79 Å². The summed E-state index contributed by atoms with van der Waals surface area (Å²) in [5.41, 5.74) is 1.32. The Morgan fingerprint density at radius 2 is 1.81 bits per heavy atom. The van der Waals surface area contributed by atoms with E-state index in [4.69, 9.17) is 0 Å². The van der Waals surface area contributed by atoms with Gasteiger partial charge in [-0.1, -0.05) is 30.3 Å². The molecular formula is C15H18N4O2. The fourth-order valence-electron chi connectivity index (χ4n) is 1.80. The van der Waals surface area contributed by atoms with Gasteiger partial charge >= 0.3 is 6.09 Å². The number of carbonyl (C=O) groups excluding carboxylic acids is 1. The fraction of sp³-hybridized carbons (Fsp3) is 0.267. The van der Waals surface area contributed by atoms with E-state index in [0.29, 0.717) is 11.6 Å². The van der Waals surface area contributed by atoms with Crippen LogP contribution >= 0.6 is 0 Å². The van der Waals surface area contributed by atoms with Crippen LogP contribution in [0.25, 0.3) is 0 Å². The fourth-order valence-corrected chi connectivity index (χ4v) is 1.80. The molecule has 0 radical (unpaired) electrons. The highest BCUT2D eigenvalue weighted by Gasteiger charge is 2.02. The predicted octanol–water partition coefficient (Wildman–Crippen LogP) is 2.70. The van der Waals surface area contributed by atoms with E-state index >= 15 is 0 Å². The zero-order valence-electron chi connectivity index (χ0n) is 11.9. The van der Waals surface area contributed by atoms with Gasteiger partial charge in [0.1, 0.15) is 5.82 Å². The van der Waals surface area contributed by atoms with Crippen molar-refractivity contribution in [1.82, 2.24) is 10.2 Å². The van der Waals surface area contributed by atoms with Crippen LogP contribution in [-0.2, 0) is 11.2 Å². The van der Waals surface area contributed by atoms with Gasteiger partial charge in [0.25, 0.3) is 0 Å². The Bertz CT molecular complexity index is 558. The maximum Gasteiger partial charge on any atom is 0.412 e. The third-order valence-corrected chi connectivity index (χ3v) is 2.87. The van der Waals surface area contributed by atoms with Crippen molar-refractivity contribution in [1.29, 1.82) is 0 Å². The molecule has 1 amide bonds. The number of carbonyl (C=O) groups is 1. The number of amides is 1. The molecule has 0 spiro atoms. The minimum absolute atomic E-state index is 0.358. The molecule has 0 aliphatic heterocycles. The zero-order chi connectivity index (χ0) is 14.9. The molecule has 21 heavy (non-hydrogen) atoms. The molecule has 0 atom stereocenters. The van der Waals surface area contributed by atoms with Crippen molar-refractivity contribution in [3.8, 4) is 0 Å². The maximum absolute atomic E-state index is 11.0. The number of benzene rings is 1. The monoisotopic (exact) mass is 286 g/mol. The van der Waals surface area contributed by atoms with Crippen LogP contribution in [0, 0.1) is 0 Å². The number of hydrogen-bond donors (Lipinski definition) is 2. The standard InChI is InChI=1S/C15H18N4O2/c1-21-15(20)17-14-10-9-13(18-19-14)16-11-5-8-12-6-3-2-4-7-12/h2-4,6-7,9-10H,5,8,11H2,1H3,(H,16,18)(H,17,19,20). The summed E-state index contributed by atoms with van der Waals surface area (Å²) in [5, 5.41) is 13.5. The van der Waals surface area contributed by atoms with Gasteiger partial charge in [-0.05, 0) is 30.5 Å². The topological polar surface area (TPSA) is 76.1 Å².